The van der Waals surface area contributed by atoms with Gasteiger partial charge in [0, 0.05) is 24.3 Å². The zero-order valence-electron chi connectivity index (χ0n) is 11.8. The fraction of sp³-hybridized carbons (Fsp3) is 0.133. The third kappa shape index (κ3) is 1.92. The standard InChI is InChI=1S/C15H14N6/c1-10-12-7-6-11(9-13(12)20(2)18-10)16-15-17-14-5-3-4-8-21(14)19-15/h3-9H,1-2H3,(H,16,19). The molecule has 1 N–H and O–H groups in total. The van der Waals surface area contributed by atoms with Crippen LogP contribution in [-0.4, -0.2) is 24.4 Å². The van der Waals surface area contributed by atoms with E-state index in [1.807, 2.05) is 49.1 Å². The lowest BCUT2D eigenvalue weighted by Crippen LogP contribution is -1.94. The first-order chi connectivity index (χ1) is 10.2. The van der Waals surface area contributed by atoms with Crippen molar-refractivity contribution in [3.05, 3.63) is 48.3 Å². The van der Waals surface area contributed by atoms with Gasteiger partial charge in [-0.25, -0.2) is 4.52 Å². The van der Waals surface area contributed by atoms with Crippen LogP contribution in [0.1, 0.15) is 5.69 Å². The Kier molecular flexibility index (Phi) is 2.44. The minimum atomic E-state index is 0.583. The molecule has 0 radical (unpaired) electrons. The van der Waals surface area contributed by atoms with Crippen LogP contribution in [0.15, 0.2) is 42.6 Å². The fourth-order valence-electron chi connectivity index (χ4n) is 2.53. The van der Waals surface area contributed by atoms with Crippen LogP contribution in [0.4, 0.5) is 11.6 Å². The molecule has 104 valence electrons. The second-order valence-electron chi connectivity index (χ2n) is 5.00. The zero-order valence-corrected chi connectivity index (χ0v) is 11.8. The van der Waals surface area contributed by atoms with E-state index in [0.29, 0.717) is 5.95 Å². The van der Waals surface area contributed by atoms with Gasteiger partial charge in [0.1, 0.15) is 0 Å². The van der Waals surface area contributed by atoms with E-state index in [9.17, 15) is 0 Å². The molecule has 0 spiro atoms. The van der Waals surface area contributed by atoms with Crippen LogP contribution in [0, 0.1) is 6.92 Å². The minimum absolute atomic E-state index is 0.583. The summed E-state index contributed by atoms with van der Waals surface area (Å²) in [6.45, 7) is 2.01. The molecule has 0 saturated heterocycles. The number of nitrogens with one attached hydrogen (secondary N) is 1. The van der Waals surface area contributed by atoms with Gasteiger partial charge in [0.05, 0.1) is 11.2 Å². The van der Waals surface area contributed by atoms with Gasteiger partial charge in [0.2, 0.25) is 5.95 Å². The third-order valence-corrected chi connectivity index (χ3v) is 3.53. The molecule has 6 heteroatoms. The Balaban J connectivity index is 1.74. The van der Waals surface area contributed by atoms with Gasteiger partial charge in [-0.3, -0.25) is 4.68 Å². The molecule has 0 saturated carbocycles. The Bertz CT molecular complexity index is 916. The quantitative estimate of drug-likeness (QED) is 0.612. The van der Waals surface area contributed by atoms with E-state index >= 15 is 0 Å². The molecule has 4 rings (SSSR count). The highest BCUT2D eigenvalue weighted by Gasteiger charge is 2.07. The predicted molar refractivity (Wildman–Crippen MR) is 81.7 cm³/mol. The van der Waals surface area contributed by atoms with Crippen molar-refractivity contribution < 1.29 is 0 Å². The fourth-order valence-corrected chi connectivity index (χ4v) is 2.53. The van der Waals surface area contributed by atoms with Crippen molar-refractivity contribution in [2.24, 2.45) is 7.05 Å². The van der Waals surface area contributed by atoms with Crippen LogP contribution in [0.2, 0.25) is 0 Å². The van der Waals surface area contributed by atoms with Crippen LogP contribution in [0.3, 0.4) is 0 Å². The van der Waals surface area contributed by atoms with Crippen LogP contribution in [-0.2, 0) is 7.05 Å². The van der Waals surface area contributed by atoms with Crippen molar-refractivity contribution in [3.63, 3.8) is 0 Å². The van der Waals surface area contributed by atoms with E-state index in [-0.39, 0.29) is 0 Å². The molecule has 0 bridgehead atoms. The summed E-state index contributed by atoms with van der Waals surface area (Å²) >= 11 is 0. The summed E-state index contributed by atoms with van der Waals surface area (Å²) in [7, 11) is 1.95. The molecule has 0 aliphatic carbocycles. The molecule has 3 aromatic heterocycles. The van der Waals surface area contributed by atoms with E-state index in [1.165, 1.54) is 0 Å². The zero-order chi connectivity index (χ0) is 14.4. The van der Waals surface area contributed by atoms with E-state index in [2.05, 4.69) is 32.6 Å². The Morgan fingerprint density at radius 3 is 2.86 bits per heavy atom. The molecule has 4 aromatic rings. The first kappa shape index (κ1) is 11.9. The van der Waals surface area contributed by atoms with Crippen molar-refractivity contribution in [1.29, 1.82) is 0 Å². The van der Waals surface area contributed by atoms with E-state index in [1.54, 1.807) is 4.52 Å². The molecule has 6 nitrogen and oxygen atoms in total. The molecule has 1 aromatic carbocycles. The average Bonchev–Trinajstić information content (AvgIpc) is 3.00. The van der Waals surface area contributed by atoms with Crippen LogP contribution < -0.4 is 5.32 Å². The van der Waals surface area contributed by atoms with Gasteiger partial charge >= 0.3 is 0 Å². The van der Waals surface area contributed by atoms with Crippen molar-refractivity contribution in [2.75, 3.05) is 5.32 Å². The van der Waals surface area contributed by atoms with Gasteiger partial charge in [-0.2, -0.15) is 10.1 Å². The number of aromatic nitrogens is 5. The van der Waals surface area contributed by atoms with Crippen molar-refractivity contribution in [2.45, 2.75) is 6.92 Å². The van der Waals surface area contributed by atoms with Gasteiger partial charge in [0.15, 0.2) is 5.65 Å². The Morgan fingerprint density at radius 1 is 1.10 bits per heavy atom. The number of hydrogen-bond donors (Lipinski definition) is 1. The number of benzene rings is 1. The molecule has 0 aliphatic rings. The Hall–Kier alpha value is -2.89. The van der Waals surface area contributed by atoms with Crippen molar-refractivity contribution >= 4 is 28.2 Å². The smallest absolute Gasteiger partial charge is 0.247 e. The lowest BCUT2D eigenvalue weighted by Gasteiger charge is -2.02. The monoisotopic (exact) mass is 278 g/mol. The molecule has 3 heterocycles. The van der Waals surface area contributed by atoms with Gasteiger partial charge < -0.3 is 5.32 Å². The molecule has 0 amide bonds. The largest absolute Gasteiger partial charge is 0.323 e. The lowest BCUT2D eigenvalue weighted by molar-refractivity contribution is 0.783. The maximum absolute atomic E-state index is 4.43. The van der Waals surface area contributed by atoms with Gasteiger partial charge in [-0.1, -0.05) is 6.07 Å². The highest BCUT2D eigenvalue weighted by Crippen LogP contribution is 2.23. The number of anilines is 2. The van der Waals surface area contributed by atoms with Gasteiger partial charge in [-0.05, 0) is 37.3 Å². The number of nitrogens with zero attached hydrogens (tertiary/aromatic N) is 5. The molecular formula is C15H14N6. The van der Waals surface area contributed by atoms with E-state index in [0.717, 1.165) is 27.9 Å². The van der Waals surface area contributed by atoms with Crippen molar-refractivity contribution in [1.82, 2.24) is 24.4 Å². The Morgan fingerprint density at radius 2 is 2.00 bits per heavy atom. The second kappa shape index (κ2) is 4.31. The molecule has 0 aliphatic heterocycles. The topological polar surface area (TPSA) is 60.0 Å². The number of fused-ring (bicyclic) bond motifs is 2. The summed E-state index contributed by atoms with van der Waals surface area (Å²) in [5.74, 6) is 0.583. The third-order valence-electron chi connectivity index (χ3n) is 3.53. The van der Waals surface area contributed by atoms with Crippen molar-refractivity contribution in [3.8, 4) is 0 Å². The number of rotatable bonds is 2. The molecule has 0 fully saturated rings. The molecule has 21 heavy (non-hydrogen) atoms. The number of aryl methyl sites for hydroxylation is 2. The SMILES string of the molecule is Cc1nn(C)c2cc(Nc3nc4ccccn4n3)ccc12. The van der Waals surface area contributed by atoms with Gasteiger partial charge in [-0.15, -0.1) is 5.10 Å². The summed E-state index contributed by atoms with van der Waals surface area (Å²) in [5, 5.41) is 13.2. The second-order valence-corrected chi connectivity index (χ2v) is 5.00. The van der Waals surface area contributed by atoms with Gasteiger partial charge in [0.25, 0.3) is 0 Å². The molecule has 0 unspecified atom stereocenters. The molecule has 0 atom stereocenters. The van der Waals surface area contributed by atoms with Crippen LogP contribution in [0.5, 0.6) is 0 Å². The van der Waals surface area contributed by atoms with Crippen LogP contribution in [0.25, 0.3) is 16.6 Å². The maximum atomic E-state index is 4.43. The lowest BCUT2D eigenvalue weighted by atomic mass is 10.2. The Labute approximate surface area is 121 Å². The summed E-state index contributed by atoms with van der Waals surface area (Å²) < 4.78 is 3.63. The van der Waals surface area contributed by atoms with E-state index < -0.39 is 0 Å². The predicted octanol–water partition coefficient (Wildman–Crippen LogP) is 2.67. The summed E-state index contributed by atoms with van der Waals surface area (Å²) in [4.78, 5) is 4.43. The summed E-state index contributed by atoms with van der Waals surface area (Å²) in [6.07, 6.45) is 1.88. The maximum Gasteiger partial charge on any atom is 0.247 e. The van der Waals surface area contributed by atoms with E-state index in [4.69, 9.17) is 0 Å². The summed E-state index contributed by atoms with van der Waals surface area (Å²) in [5.41, 5.74) is 3.88. The van der Waals surface area contributed by atoms with Crippen LogP contribution >= 0.6 is 0 Å². The average molecular weight is 278 g/mol. The number of hydrogen-bond acceptors (Lipinski definition) is 4. The summed E-state index contributed by atoms with van der Waals surface area (Å²) in [6, 6.07) is 11.9. The first-order valence-corrected chi connectivity index (χ1v) is 6.72. The highest BCUT2D eigenvalue weighted by molar-refractivity contribution is 5.85. The number of pyridine rings is 1. The first-order valence-electron chi connectivity index (χ1n) is 6.72. The highest BCUT2D eigenvalue weighted by atomic mass is 15.3. The normalized spacial score (nSPS) is 11.3. The minimum Gasteiger partial charge on any atom is -0.323 e. The molecular weight excluding hydrogens is 264 g/mol.